The molecule has 6 heteroatoms. The highest BCUT2D eigenvalue weighted by Gasteiger charge is 2.11. The van der Waals surface area contributed by atoms with Crippen LogP contribution in [0.25, 0.3) is 0 Å². The molecule has 17 heavy (non-hydrogen) atoms. The van der Waals surface area contributed by atoms with Gasteiger partial charge in [-0.25, -0.2) is 9.07 Å². The molecule has 0 saturated heterocycles. The molecule has 0 amide bonds. The van der Waals surface area contributed by atoms with E-state index in [1.54, 1.807) is 10.7 Å². The zero-order chi connectivity index (χ0) is 12.4. The van der Waals surface area contributed by atoms with E-state index in [1.807, 2.05) is 13.0 Å². The molecule has 1 aromatic heterocycles. The van der Waals surface area contributed by atoms with Crippen LogP contribution in [-0.2, 0) is 13.0 Å². The van der Waals surface area contributed by atoms with Gasteiger partial charge in [0.05, 0.1) is 16.7 Å². The minimum atomic E-state index is -0.284. The maximum atomic E-state index is 13.4. The van der Waals surface area contributed by atoms with E-state index in [1.165, 1.54) is 6.07 Å². The summed E-state index contributed by atoms with van der Waals surface area (Å²) in [5.74, 6) is 0.147. The van der Waals surface area contributed by atoms with Crippen molar-refractivity contribution < 1.29 is 4.39 Å². The van der Waals surface area contributed by atoms with Crippen molar-refractivity contribution in [3.05, 3.63) is 39.7 Å². The molecule has 4 nitrogen and oxygen atoms in total. The van der Waals surface area contributed by atoms with E-state index in [0.717, 1.165) is 17.7 Å². The molecule has 0 atom stereocenters. The molecule has 0 unspecified atom stereocenters. The first kappa shape index (κ1) is 12.0. The van der Waals surface area contributed by atoms with Gasteiger partial charge < -0.3 is 5.73 Å². The highest BCUT2D eigenvalue weighted by Crippen LogP contribution is 2.22. The van der Waals surface area contributed by atoms with Gasteiger partial charge in [0.15, 0.2) is 5.82 Å². The van der Waals surface area contributed by atoms with E-state index >= 15 is 0 Å². The Morgan fingerprint density at radius 2 is 2.24 bits per heavy atom. The van der Waals surface area contributed by atoms with Gasteiger partial charge in [-0.1, -0.05) is 24.3 Å². The highest BCUT2D eigenvalue weighted by atomic mass is 79.9. The lowest BCUT2D eigenvalue weighted by Gasteiger charge is -2.07. The Balaban J connectivity index is 2.35. The van der Waals surface area contributed by atoms with Gasteiger partial charge in [0, 0.05) is 0 Å². The number of nitrogens with two attached hydrogens (primary N) is 1. The van der Waals surface area contributed by atoms with Crippen molar-refractivity contribution in [1.29, 1.82) is 0 Å². The molecule has 2 rings (SSSR count). The highest BCUT2D eigenvalue weighted by molar-refractivity contribution is 9.10. The van der Waals surface area contributed by atoms with Crippen molar-refractivity contribution >= 4 is 21.7 Å². The summed E-state index contributed by atoms with van der Waals surface area (Å²) in [7, 11) is 0. The van der Waals surface area contributed by atoms with Gasteiger partial charge in [-0.15, -0.1) is 5.10 Å². The predicted molar refractivity (Wildman–Crippen MR) is 67.0 cm³/mol. The first-order valence-corrected chi connectivity index (χ1v) is 6.03. The number of rotatable bonds is 3. The first-order chi connectivity index (χ1) is 8.13. The van der Waals surface area contributed by atoms with Crippen LogP contribution in [0.1, 0.15) is 18.2 Å². The number of nitrogens with zero attached hydrogens (tertiary/aromatic N) is 3. The lowest BCUT2D eigenvalue weighted by Crippen LogP contribution is -2.07. The van der Waals surface area contributed by atoms with E-state index in [9.17, 15) is 4.39 Å². The second kappa shape index (κ2) is 4.83. The van der Waals surface area contributed by atoms with E-state index in [4.69, 9.17) is 5.73 Å². The normalized spacial score (nSPS) is 10.8. The number of hydrogen-bond donors (Lipinski definition) is 1. The van der Waals surface area contributed by atoms with Gasteiger partial charge >= 0.3 is 0 Å². The average Bonchev–Trinajstić information content (AvgIpc) is 2.66. The second-order valence-electron chi connectivity index (χ2n) is 3.65. The van der Waals surface area contributed by atoms with Gasteiger partial charge in [-0.2, -0.15) is 0 Å². The summed E-state index contributed by atoms with van der Waals surface area (Å²) < 4.78 is 15.5. The molecule has 0 bridgehead atoms. The number of anilines is 1. The molecule has 0 aliphatic carbocycles. The first-order valence-electron chi connectivity index (χ1n) is 5.24. The molecular weight excluding hydrogens is 287 g/mol. The van der Waals surface area contributed by atoms with Crippen molar-refractivity contribution in [2.45, 2.75) is 19.9 Å². The molecule has 90 valence electrons. The number of halogens is 2. The Labute approximate surface area is 107 Å². The minimum absolute atomic E-state index is 0.284. The fourth-order valence-electron chi connectivity index (χ4n) is 1.67. The smallest absolute Gasteiger partial charge is 0.169 e. The molecule has 0 aliphatic rings. The standard InChI is InChI=1S/C11H12BrFN4/c1-2-9-11(14)15-16-17(9)6-7-4-3-5-8(13)10(7)12/h3-5H,2,6,14H2,1H3. The molecule has 1 heterocycles. The van der Waals surface area contributed by atoms with Crippen LogP contribution in [0.15, 0.2) is 22.7 Å². The molecule has 2 N–H and O–H groups in total. The maximum Gasteiger partial charge on any atom is 0.169 e. The molecule has 0 aliphatic heterocycles. The summed E-state index contributed by atoms with van der Waals surface area (Å²) >= 11 is 3.22. The van der Waals surface area contributed by atoms with Gasteiger partial charge in [0.2, 0.25) is 0 Å². The third-order valence-electron chi connectivity index (χ3n) is 2.55. The topological polar surface area (TPSA) is 56.7 Å². The molecular formula is C11H12BrFN4. The largest absolute Gasteiger partial charge is 0.381 e. The SMILES string of the molecule is CCc1c(N)nnn1Cc1cccc(F)c1Br. The summed E-state index contributed by atoms with van der Waals surface area (Å²) in [4.78, 5) is 0. The summed E-state index contributed by atoms with van der Waals surface area (Å²) in [6.07, 6.45) is 0.742. The van der Waals surface area contributed by atoms with Crippen LogP contribution < -0.4 is 5.73 Å². The molecule has 0 radical (unpaired) electrons. The van der Waals surface area contributed by atoms with Crippen molar-refractivity contribution in [3.63, 3.8) is 0 Å². The summed E-state index contributed by atoms with van der Waals surface area (Å²) in [6, 6.07) is 4.91. The number of nitrogen functional groups attached to an aromatic ring is 1. The quantitative estimate of drug-likeness (QED) is 0.946. The molecule has 1 aromatic carbocycles. The Bertz CT molecular complexity index is 538. The zero-order valence-electron chi connectivity index (χ0n) is 9.32. The Morgan fingerprint density at radius 1 is 1.47 bits per heavy atom. The second-order valence-corrected chi connectivity index (χ2v) is 4.44. The van der Waals surface area contributed by atoms with E-state index in [0.29, 0.717) is 16.8 Å². The minimum Gasteiger partial charge on any atom is -0.381 e. The van der Waals surface area contributed by atoms with E-state index in [-0.39, 0.29) is 5.82 Å². The van der Waals surface area contributed by atoms with Crippen LogP contribution in [0.4, 0.5) is 10.2 Å². The average molecular weight is 299 g/mol. The van der Waals surface area contributed by atoms with Gasteiger partial charge in [0.25, 0.3) is 0 Å². The lowest BCUT2D eigenvalue weighted by molar-refractivity contribution is 0.597. The van der Waals surface area contributed by atoms with Crippen LogP contribution in [0.3, 0.4) is 0 Å². The van der Waals surface area contributed by atoms with Crippen LogP contribution in [0, 0.1) is 5.82 Å². The van der Waals surface area contributed by atoms with Crippen LogP contribution in [0.2, 0.25) is 0 Å². The predicted octanol–water partition coefficient (Wildman–Crippen LogP) is 2.37. The molecule has 2 aromatic rings. The van der Waals surface area contributed by atoms with Gasteiger partial charge in [0.1, 0.15) is 5.82 Å². The van der Waals surface area contributed by atoms with Crippen molar-refractivity contribution in [1.82, 2.24) is 15.0 Å². The third kappa shape index (κ3) is 2.31. The van der Waals surface area contributed by atoms with Crippen LogP contribution in [0.5, 0.6) is 0 Å². The summed E-state index contributed by atoms with van der Waals surface area (Å²) in [5, 5.41) is 7.77. The Morgan fingerprint density at radius 3 is 2.94 bits per heavy atom. The van der Waals surface area contributed by atoms with Gasteiger partial charge in [-0.05, 0) is 34.0 Å². The number of hydrogen-bond acceptors (Lipinski definition) is 3. The molecule has 0 saturated carbocycles. The van der Waals surface area contributed by atoms with E-state index in [2.05, 4.69) is 26.2 Å². The fraction of sp³-hybridized carbons (Fsp3) is 0.273. The van der Waals surface area contributed by atoms with Crippen molar-refractivity contribution in [3.8, 4) is 0 Å². The van der Waals surface area contributed by atoms with Gasteiger partial charge in [-0.3, -0.25) is 0 Å². The maximum absolute atomic E-state index is 13.4. The van der Waals surface area contributed by atoms with Crippen molar-refractivity contribution in [2.24, 2.45) is 0 Å². The van der Waals surface area contributed by atoms with Crippen LogP contribution in [-0.4, -0.2) is 15.0 Å². The van der Waals surface area contributed by atoms with E-state index < -0.39 is 0 Å². The third-order valence-corrected chi connectivity index (χ3v) is 3.44. The number of aromatic nitrogens is 3. The van der Waals surface area contributed by atoms with Crippen LogP contribution >= 0.6 is 15.9 Å². The summed E-state index contributed by atoms with van der Waals surface area (Å²) in [5.41, 5.74) is 7.37. The Hall–Kier alpha value is -1.43. The zero-order valence-corrected chi connectivity index (χ0v) is 10.9. The Kier molecular flexibility index (Phi) is 3.42. The monoisotopic (exact) mass is 298 g/mol. The summed E-state index contributed by atoms with van der Waals surface area (Å²) in [6.45, 7) is 2.43. The fourth-order valence-corrected chi connectivity index (χ4v) is 2.06. The molecule has 0 spiro atoms. The molecule has 0 fully saturated rings. The van der Waals surface area contributed by atoms with Crippen molar-refractivity contribution in [2.75, 3.05) is 5.73 Å². The number of benzene rings is 1. The lowest BCUT2D eigenvalue weighted by atomic mass is 10.2.